The molecule has 0 aromatic carbocycles. The first-order valence-electron chi connectivity index (χ1n) is 4.80. The van der Waals surface area contributed by atoms with Crippen molar-refractivity contribution in [3.05, 3.63) is 5.38 Å². The fourth-order valence-electron chi connectivity index (χ4n) is 1.54. The van der Waals surface area contributed by atoms with Gasteiger partial charge in [0, 0.05) is 24.1 Å². The summed E-state index contributed by atoms with van der Waals surface area (Å²) < 4.78 is 0. The molecule has 0 saturated carbocycles. The van der Waals surface area contributed by atoms with Crippen LogP contribution in [0.4, 0.5) is 5.13 Å². The summed E-state index contributed by atoms with van der Waals surface area (Å²) in [5.74, 6) is 1.31. The van der Waals surface area contributed by atoms with Crippen molar-refractivity contribution >= 4 is 28.2 Å². The Morgan fingerprint density at radius 3 is 3.21 bits per heavy atom. The second kappa shape index (κ2) is 4.40. The van der Waals surface area contributed by atoms with Gasteiger partial charge in [-0.15, -0.1) is 11.3 Å². The van der Waals surface area contributed by atoms with Gasteiger partial charge in [0.05, 0.1) is 5.38 Å². The number of hydrogen-bond acceptors (Lipinski definition) is 5. The van der Waals surface area contributed by atoms with Gasteiger partial charge in [-0.05, 0) is 6.42 Å². The van der Waals surface area contributed by atoms with Crippen molar-refractivity contribution < 1.29 is 5.11 Å². The molecule has 1 aliphatic heterocycles. The van der Waals surface area contributed by atoms with Crippen LogP contribution >= 0.6 is 23.1 Å². The van der Waals surface area contributed by atoms with E-state index in [1.165, 1.54) is 23.5 Å². The zero-order valence-corrected chi connectivity index (χ0v) is 9.77. The van der Waals surface area contributed by atoms with Crippen LogP contribution in [0.2, 0.25) is 0 Å². The molecule has 78 valence electrons. The van der Waals surface area contributed by atoms with Gasteiger partial charge < -0.3 is 10.0 Å². The molecule has 14 heavy (non-hydrogen) atoms. The summed E-state index contributed by atoms with van der Waals surface area (Å²) in [4.78, 5) is 6.37. The third kappa shape index (κ3) is 2.15. The van der Waals surface area contributed by atoms with Gasteiger partial charge in [0.15, 0.2) is 5.13 Å². The quantitative estimate of drug-likeness (QED) is 0.845. The van der Waals surface area contributed by atoms with E-state index in [2.05, 4.69) is 16.8 Å². The molecule has 1 unspecified atom stereocenters. The molecule has 1 fully saturated rings. The van der Waals surface area contributed by atoms with E-state index < -0.39 is 0 Å². The summed E-state index contributed by atoms with van der Waals surface area (Å²) in [7, 11) is 0. The molecule has 3 nitrogen and oxygen atoms in total. The summed E-state index contributed by atoms with van der Waals surface area (Å²) in [6, 6.07) is 0. The van der Waals surface area contributed by atoms with E-state index in [4.69, 9.17) is 0 Å². The fourth-order valence-corrected chi connectivity index (χ4v) is 3.45. The molecule has 0 aliphatic carbocycles. The monoisotopic (exact) mass is 230 g/mol. The Balaban J connectivity index is 2.04. The first kappa shape index (κ1) is 10.1. The summed E-state index contributed by atoms with van der Waals surface area (Å²) >= 11 is 3.57. The van der Waals surface area contributed by atoms with Crippen LogP contribution in [0, 0.1) is 0 Å². The van der Waals surface area contributed by atoms with Gasteiger partial charge in [-0.25, -0.2) is 0 Å². The zero-order chi connectivity index (χ0) is 9.97. The minimum absolute atomic E-state index is 0.149. The van der Waals surface area contributed by atoms with Gasteiger partial charge in [-0.1, -0.05) is 6.92 Å². The van der Waals surface area contributed by atoms with Gasteiger partial charge in [-0.3, -0.25) is 0 Å². The highest BCUT2D eigenvalue weighted by Crippen LogP contribution is 2.29. The number of hydrogen-bond donors (Lipinski definition) is 1. The number of anilines is 1. The summed E-state index contributed by atoms with van der Waals surface area (Å²) in [6.45, 7) is 4.34. The minimum atomic E-state index is 0.149. The Bertz CT molecular complexity index is 303. The largest absolute Gasteiger partial charge is 0.493 e. The molecular formula is C9H14N2OS2. The van der Waals surface area contributed by atoms with Crippen LogP contribution < -0.4 is 4.90 Å². The van der Waals surface area contributed by atoms with Crippen LogP contribution in [0.15, 0.2) is 5.38 Å². The summed E-state index contributed by atoms with van der Waals surface area (Å²) in [5, 5.41) is 12.5. The fraction of sp³-hybridized carbons (Fsp3) is 0.667. The van der Waals surface area contributed by atoms with E-state index in [1.807, 2.05) is 11.8 Å². The number of aromatic hydroxyl groups is 1. The Morgan fingerprint density at radius 1 is 1.71 bits per heavy atom. The van der Waals surface area contributed by atoms with E-state index in [0.717, 1.165) is 23.5 Å². The lowest BCUT2D eigenvalue weighted by molar-refractivity contribution is 0.457. The maximum absolute atomic E-state index is 9.17. The number of thioether (sulfide) groups is 1. The molecule has 0 spiro atoms. The molecule has 2 heterocycles. The van der Waals surface area contributed by atoms with Crippen molar-refractivity contribution in [1.82, 2.24) is 4.98 Å². The van der Waals surface area contributed by atoms with Crippen LogP contribution in [0.1, 0.15) is 13.3 Å². The van der Waals surface area contributed by atoms with Gasteiger partial charge >= 0.3 is 0 Å². The third-order valence-corrected chi connectivity index (χ3v) is 4.61. The summed E-state index contributed by atoms with van der Waals surface area (Å²) in [5.41, 5.74) is 0. The topological polar surface area (TPSA) is 36.4 Å². The molecule has 0 radical (unpaired) electrons. The van der Waals surface area contributed by atoms with Crippen LogP contribution in [0.3, 0.4) is 0 Å². The van der Waals surface area contributed by atoms with Crippen molar-refractivity contribution in [2.24, 2.45) is 0 Å². The normalized spacial score (nSPS) is 22.6. The lowest BCUT2D eigenvalue weighted by atomic mass is 10.3. The molecule has 0 bridgehead atoms. The molecule has 1 saturated heterocycles. The van der Waals surface area contributed by atoms with E-state index in [0.29, 0.717) is 0 Å². The molecule has 1 atom stereocenters. The first-order chi connectivity index (χ1) is 6.79. The zero-order valence-electron chi connectivity index (χ0n) is 8.14. The second-order valence-electron chi connectivity index (χ2n) is 3.34. The maximum atomic E-state index is 9.17. The predicted octanol–water partition coefficient (Wildman–Crippen LogP) is 2.18. The molecule has 2 rings (SSSR count). The van der Waals surface area contributed by atoms with Crippen LogP contribution in [-0.2, 0) is 0 Å². The van der Waals surface area contributed by atoms with Crippen molar-refractivity contribution in [2.45, 2.75) is 18.6 Å². The van der Waals surface area contributed by atoms with Gasteiger partial charge in [0.25, 0.3) is 0 Å². The van der Waals surface area contributed by atoms with Crippen LogP contribution in [-0.4, -0.2) is 34.2 Å². The SMILES string of the molecule is CCC1CN(c2nc(O)cs2)CCS1. The third-order valence-electron chi connectivity index (χ3n) is 2.34. The molecule has 0 amide bonds. The maximum Gasteiger partial charge on any atom is 0.223 e. The molecule has 5 heteroatoms. The Morgan fingerprint density at radius 2 is 2.57 bits per heavy atom. The Hall–Kier alpha value is -0.420. The van der Waals surface area contributed by atoms with Gasteiger partial charge in [0.1, 0.15) is 0 Å². The Kier molecular flexibility index (Phi) is 3.18. The minimum Gasteiger partial charge on any atom is -0.493 e. The highest BCUT2D eigenvalue weighted by molar-refractivity contribution is 8.00. The van der Waals surface area contributed by atoms with Crippen molar-refractivity contribution in [1.29, 1.82) is 0 Å². The predicted molar refractivity (Wildman–Crippen MR) is 62.5 cm³/mol. The Labute approximate surface area is 92.2 Å². The molecule has 1 aliphatic rings. The number of aromatic nitrogens is 1. The standard InChI is InChI=1S/C9H14N2OS2/c1-2-7-5-11(3-4-13-7)9-10-8(12)6-14-9/h6-7,12H,2-5H2,1H3. The highest BCUT2D eigenvalue weighted by Gasteiger charge is 2.20. The van der Waals surface area contributed by atoms with Crippen LogP contribution in [0.25, 0.3) is 0 Å². The van der Waals surface area contributed by atoms with E-state index in [-0.39, 0.29) is 5.88 Å². The van der Waals surface area contributed by atoms with E-state index in [9.17, 15) is 5.11 Å². The number of nitrogens with zero attached hydrogens (tertiary/aromatic N) is 2. The molecular weight excluding hydrogens is 216 g/mol. The van der Waals surface area contributed by atoms with Gasteiger partial charge in [-0.2, -0.15) is 16.7 Å². The second-order valence-corrected chi connectivity index (χ2v) is 5.58. The van der Waals surface area contributed by atoms with Crippen molar-refractivity contribution in [3.63, 3.8) is 0 Å². The molecule has 1 aromatic rings. The number of rotatable bonds is 2. The smallest absolute Gasteiger partial charge is 0.223 e. The van der Waals surface area contributed by atoms with Gasteiger partial charge in [0.2, 0.25) is 5.88 Å². The highest BCUT2D eigenvalue weighted by atomic mass is 32.2. The molecule has 1 aromatic heterocycles. The first-order valence-corrected chi connectivity index (χ1v) is 6.73. The van der Waals surface area contributed by atoms with Crippen molar-refractivity contribution in [3.8, 4) is 5.88 Å². The van der Waals surface area contributed by atoms with E-state index in [1.54, 1.807) is 5.38 Å². The molecule has 1 N–H and O–H groups in total. The lowest BCUT2D eigenvalue weighted by Crippen LogP contribution is -2.37. The van der Waals surface area contributed by atoms with Crippen molar-refractivity contribution in [2.75, 3.05) is 23.7 Å². The van der Waals surface area contributed by atoms with Crippen LogP contribution in [0.5, 0.6) is 5.88 Å². The average molecular weight is 230 g/mol. The van der Waals surface area contributed by atoms with E-state index >= 15 is 0 Å². The lowest BCUT2D eigenvalue weighted by Gasteiger charge is -2.31. The average Bonchev–Trinajstić information content (AvgIpc) is 2.65. The number of thiazole rings is 1. The summed E-state index contributed by atoms with van der Waals surface area (Å²) in [6.07, 6.45) is 1.21.